The summed E-state index contributed by atoms with van der Waals surface area (Å²) in [6, 6.07) is 0. The first-order valence-corrected chi connectivity index (χ1v) is 6.19. The van der Waals surface area contributed by atoms with Crippen LogP contribution in [0.5, 0.6) is 0 Å². The third kappa shape index (κ3) is 3.72. The van der Waals surface area contributed by atoms with Crippen LogP contribution >= 0.6 is 11.8 Å². The van der Waals surface area contributed by atoms with E-state index in [1.165, 1.54) is 24.6 Å². The standard InChI is InChI=1S/C12H19NS/c1-4-11(2)12(3)5-6-13-7-9-14-10-8-13/h4H,1-3,5-10H2. The van der Waals surface area contributed by atoms with Gasteiger partial charge in [-0.3, -0.25) is 0 Å². The summed E-state index contributed by atoms with van der Waals surface area (Å²) in [7, 11) is 0. The molecule has 0 N–H and O–H groups in total. The van der Waals surface area contributed by atoms with Gasteiger partial charge in [0.2, 0.25) is 0 Å². The molecule has 0 amide bonds. The summed E-state index contributed by atoms with van der Waals surface area (Å²) >= 11 is 2.05. The molecule has 0 radical (unpaired) electrons. The van der Waals surface area contributed by atoms with E-state index in [1.807, 2.05) is 11.8 Å². The Morgan fingerprint density at radius 2 is 1.93 bits per heavy atom. The van der Waals surface area contributed by atoms with E-state index in [2.05, 4.69) is 24.6 Å². The highest BCUT2D eigenvalue weighted by Gasteiger charge is 2.10. The SMILES string of the molecule is C=CC(=C)C(=C)CCN1CCSCC1. The van der Waals surface area contributed by atoms with Crippen molar-refractivity contribution in [1.29, 1.82) is 0 Å². The maximum atomic E-state index is 4.01. The van der Waals surface area contributed by atoms with Crippen LogP contribution in [0.25, 0.3) is 0 Å². The zero-order valence-corrected chi connectivity index (χ0v) is 9.61. The molecule has 0 aromatic rings. The van der Waals surface area contributed by atoms with Crippen LogP contribution in [0.3, 0.4) is 0 Å². The monoisotopic (exact) mass is 209 g/mol. The van der Waals surface area contributed by atoms with Crippen molar-refractivity contribution in [3.63, 3.8) is 0 Å². The molecule has 0 aromatic heterocycles. The minimum absolute atomic E-state index is 0.983. The lowest BCUT2D eigenvalue weighted by Gasteiger charge is -2.26. The highest BCUT2D eigenvalue weighted by Crippen LogP contribution is 2.14. The van der Waals surface area contributed by atoms with Gasteiger partial charge in [0.25, 0.3) is 0 Å². The van der Waals surface area contributed by atoms with Crippen LogP contribution in [0.4, 0.5) is 0 Å². The van der Waals surface area contributed by atoms with E-state index in [9.17, 15) is 0 Å². The van der Waals surface area contributed by atoms with Gasteiger partial charge in [-0.1, -0.05) is 25.8 Å². The van der Waals surface area contributed by atoms with Gasteiger partial charge in [-0.2, -0.15) is 11.8 Å². The van der Waals surface area contributed by atoms with E-state index in [0.29, 0.717) is 0 Å². The molecule has 1 heterocycles. The van der Waals surface area contributed by atoms with Crippen molar-refractivity contribution in [1.82, 2.24) is 4.90 Å². The van der Waals surface area contributed by atoms with E-state index in [-0.39, 0.29) is 0 Å². The quantitative estimate of drug-likeness (QED) is 0.641. The van der Waals surface area contributed by atoms with Gasteiger partial charge in [-0.15, -0.1) is 0 Å². The third-order valence-corrected chi connectivity index (χ3v) is 3.48. The van der Waals surface area contributed by atoms with E-state index in [4.69, 9.17) is 0 Å². The zero-order chi connectivity index (χ0) is 10.4. The Kier molecular flexibility index (Phi) is 5.05. The molecule has 14 heavy (non-hydrogen) atoms. The Hall–Kier alpha value is -0.470. The molecule has 0 unspecified atom stereocenters. The van der Waals surface area contributed by atoms with Crippen molar-refractivity contribution in [2.24, 2.45) is 0 Å². The Labute approximate surface area is 91.6 Å². The summed E-state index contributed by atoms with van der Waals surface area (Å²) in [4.78, 5) is 2.50. The molecule has 0 aromatic carbocycles. The van der Waals surface area contributed by atoms with Crippen LogP contribution in [0, 0.1) is 0 Å². The van der Waals surface area contributed by atoms with Gasteiger partial charge in [-0.05, 0) is 17.6 Å². The summed E-state index contributed by atoms with van der Waals surface area (Å²) in [6.45, 7) is 15.2. The van der Waals surface area contributed by atoms with Gasteiger partial charge in [0.15, 0.2) is 0 Å². The number of hydrogen-bond acceptors (Lipinski definition) is 2. The molecule has 0 atom stereocenters. The van der Waals surface area contributed by atoms with Crippen LogP contribution in [0.15, 0.2) is 37.0 Å². The van der Waals surface area contributed by atoms with E-state index >= 15 is 0 Å². The van der Waals surface area contributed by atoms with Crippen LogP contribution in [0.1, 0.15) is 6.42 Å². The Morgan fingerprint density at radius 3 is 2.50 bits per heavy atom. The Balaban J connectivity index is 2.21. The van der Waals surface area contributed by atoms with Crippen molar-refractivity contribution in [3.8, 4) is 0 Å². The van der Waals surface area contributed by atoms with E-state index in [1.54, 1.807) is 6.08 Å². The normalized spacial score (nSPS) is 17.7. The van der Waals surface area contributed by atoms with Crippen LogP contribution < -0.4 is 0 Å². The Morgan fingerprint density at radius 1 is 1.29 bits per heavy atom. The smallest absolute Gasteiger partial charge is 0.00728 e. The summed E-state index contributed by atoms with van der Waals surface area (Å²) < 4.78 is 0. The van der Waals surface area contributed by atoms with Gasteiger partial charge in [0, 0.05) is 31.1 Å². The van der Waals surface area contributed by atoms with Crippen LogP contribution in [0.2, 0.25) is 0 Å². The lowest BCUT2D eigenvalue weighted by Crippen LogP contribution is -2.33. The number of allylic oxidation sites excluding steroid dienone is 2. The number of thioether (sulfide) groups is 1. The van der Waals surface area contributed by atoms with Crippen LogP contribution in [-0.4, -0.2) is 36.0 Å². The average molecular weight is 209 g/mol. The molecular weight excluding hydrogens is 190 g/mol. The molecule has 1 fully saturated rings. The highest BCUT2D eigenvalue weighted by molar-refractivity contribution is 7.99. The molecule has 1 aliphatic rings. The molecule has 0 spiro atoms. The van der Waals surface area contributed by atoms with E-state index in [0.717, 1.165) is 24.1 Å². The fourth-order valence-corrected chi connectivity index (χ4v) is 2.40. The van der Waals surface area contributed by atoms with Crippen molar-refractivity contribution >= 4 is 11.8 Å². The molecule has 1 rings (SSSR count). The second kappa shape index (κ2) is 6.10. The summed E-state index contributed by atoms with van der Waals surface area (Å²) in [6.07, 6.45) is 2.81. The molecule has 1 nitrogen and oxygen atoms in total. The minimum atomic E-state index is 0.983. The average Bonchev–Trinajstić information content (AvgIpc) is 2.26. The van der Waals surface area contributed by atoms with Gasteiger partial charge in [0.05, 0.1) is 0 Å². The van der Waals surface area contributed by atoms with Crippen LogP contribution in [-0.2, 0) is 0 Å². The number of nitrogens with zero attached hydrogens (tertiary/aromatic N) is 1. The molecule has 0 saturated carbocycles. The predicted octanol–water partition coefficient (Wildman–Crippen LogP) is 2.72. The molecular formula is C12H19NS. The van der Waals surface area contributed by atoms with Crippen molar-refractivity contribution in [2.75, 3.05) is 31.1 Å². The lowest BCUT2D eigenvalue weighted by molar-refractivity contribution is 0.307. The lowest BCUT2D eigenvalue weighted by atomic mass is 10.1. The maximum absolute atomic E-state index is 4.01. The van der Waals surface area contributed by atoms with Crippen molar-refractivity contribution in [3.05, 3.63) is 37.0 Å². The minimum Gasteiger partial charge on any atom is -0.301 e. The van der Waals surface area contributed by atoms with Crippen molar-refractivity contribution in [2.45, 2.75) is 6.42 Å². The summed E-state index contributed by atoms with van der Waals surface area (Å²) in [5.74, 6) is 2.55. The zero-order valence-electron chi connectivity index (χ0n) is 8.80. The summed E-state index contributed by atoms with van der Waals surface area (Å²) in [5, 5.41) is 0. The van der Waals surface area contributed by atoms with Gasteiger partial charge in [0.1, 0.15) is 0 Å². The predicted molar refractivity (Wildman–Crippen MR) is 66.9 cm³/mol. The second-order valence-electron chi connectivity index (χ2n) is 3.54. The number of hydrogen-bond donors (Lipinski definition) is 0. The third-order valence-electron chi connectivity index (χ3n) is 2.53. The molecule has 0 bridgehead atoms. The second-order valence-corrected chi connectivity index (χ2v) is 4.76. The molecule has 2 heteroatoms. The van der Waals surface area contributed by atoms with Gasteiger partial charge >= 0.3 is 0 Å². The highest BCUT2D eigenvalue weighted by atomic mass is 32.2. The van der Waals surface area contributed by atoms with Gasteiger partial charge < -0.3 is 4.90 Å². The molecule has 1 aliphatic heterocycles. The van der Waals surface area contributed by atoms with Gasteiger partial charge in [-0.25, -0.2) is 0 Å². The topological polar surface area (TPSA) is 3.24 Å². The fraction of sp³-hybridized carbons (Fsp3) is 0.500. The summed E-state index contributed by atoms with van der Waals surface area (Å²) in [5.41, 5.74) is 2.11. The first kappa shape index (κ1) is 11.6. The van der Waals surface area contributed by atoms with Crippen molar-refractivity contribution < 1.29 is 0 Å². The first-order valence-electron chi connectivity index (χ1n) is 5.03. The largest absolute Gasteiger partial charge is 0.301 e. The molecule has 1 saturated heterocycles. The molecule has 0 aliphatic carbocycles. The van der Waals surface area contributed by atoms with E-state index < -0.39 is 0 Å². The fourth-order valence-electron chi connectivity index (χ4n) is 1.42. The Bertz CT molecular complexity index is 226. The maximum Gasteiger partial charge on any atom is 0.00728 e. The number of rotatable bonds is 5. The first-order chi connectivity index (χ1) is 6.74. The molecule has 78 valence electrons.